The molecule has 1 unspecified atom stereocenters. The van der Waals surface area contributed by atoms with Crippen LogP contribution in [0.25, 0.3) is 11.1 Å². The second-order valence-corrected chi connectivity index (χ2v) is 10.4. The minimum Gasteiger partial charge on any atom is -0.302 e. The molecule has 0 spiro atoms. The molecule has 0 radical (unpaired) electrons. The Hall–Kier alpha value is -3.01. The van der Waals surface area contributed by atoms with Crippen LogP contribution in [0.1, 0.15) is 22.1 Å². The molecule has 32 heavy (non-hydrogen) atoms. The van der Waals surface area contributed by atoms with Gasteiger partial charge in [0, 0.05) is 16.3 Å². The molecule has 2 amide bonds. The van der Waals surface area contributed by atoms with Gasteiger partial charge in [0.1, 0.15) is 6.54 Å². The molecule has 1 saturated heterocycles. The Kier molecular flexibility index (Phi) is 5.89. The van der Waals surface area contributed by atoms with Crippen LogP contribution in [0.4, 0.5) is 0 Å². The lowest BCUT2D eigenvalue weighted by Gasteiger charge is -2.26. The first-order valence-electron chi connectivity index (χ1n) is 9.63. The van der Waals surface area contributed by atoms with Crippen LogP contribution in [-0.2, 0) is 14.6 Å². The molecule has 9 heteroatoms. The third-order valence-corrected chi connectivity index (χ3v) is 6.87. The van der Waals surface area contributed by atoms with E-state index in [1.165, 1.54) is 17.0 Å². The smallest absolute Gasteiger partial charge is 0.267 e. The zero-order chi connectivity index (χ0) is 23.0. The minimum atomic E-state index is -3.27. The second kappa shape index (κ2) is 8.50. The molecular formula is C23H19BrN2O5S. The minimum absolute atomic E-state index is 0.235. The summed E-state index contributed by atoms with van der Waals surface area (Å²) >= 11 is 3.37. The van der Waals surface area contributed by atoms with E-state index in [0.29, 0.717) is 16.2 Å². The summed E-state index contributed by atoms with van der Waals surface area (Å²) in [6.45, 7) is -0.235. The van der Waals surface area contributed by atoms with Gasteiger partial charge in [0.2, 0.25) is 0 Å². The van der Waals surface area contributed by atoms with E-state index in [1.807, 2.05) is 6.07 Å². The van der Waals surface area contributed by atoms with Gasteiger partial charge in [-0.1, -0.05) is 52.3 Å². The molecule has 4 rings (SSSR count). The number of amides is 2. The van der Waals surface area contributed by atoms with E-state index in [2.05, 4.69) is 15.9 Å². The molecule has 1 fully saturated rings. The highest BCUT2D eigenvalue weighted by molar-refractivity contribution is 9.10. The average molecular weight is 515 g/mol. The molecule has 0 aliphatic carbocycles. The summed E-state index contributed by atoms with van der Waals surface area (Å²) in [6.07, 6.45) is 0.233. The molecule has 1 N–H and O–H groups in total. The van der Waals surface area contributed by atoms with E-state index in [1.54, 1.807) is 54.6 Å². The maximum absolute atomic E-state index is 13.2. The standard InChI is InChI=1S/C23H19BrN2O5S/c1-32(30,31)20-11-9-16(10-12-20)15-5-7-17(8-6-15)23(28)25-14-21(27)26(29)22(25)18-3-2-4-19(24)13-18/h2-13,22,29H,14H2,1H3. The number of hydroxylamine groups is 2. The van der Waals surface area contributed by atoms with Crippen LogP contribution in [0.3, 0.4) is 0 Å². The van der Waals surface area contributed by atoms with Crippen LogP contribution >= 0.6 is 15.9 Å². The van der Waals surface area contributed by atoms with Crippen molar-refractivity contribution in [3.05, 3.63) is 88.4 Å². The first kappa shape index (κ1) is 22.2. The highest BCUT2D eigenvalue weighted by Crippen LogP contribution is 2.32. The summed E-state index contributed by atoms with van der Waals surface area (Å²) in [5.41, 5.74) is 2.58. The van der Waals surface area contributed by atoms with Gasteiger partial charge in [-0.25, -0.2) is 8.42 Å². The summed E-state index contributed by atoms with van der Waals surface area (Å²) in [5.74, 6) is -0.954. The average Bonchev–Trinajstić information content (AvgIpc) is 3.07. The summed E-state index contributed by atoms with van der Waals surface area (Å²) in [6, 6.07) is 20.4. The lowest BCUT2D eigenvalue weighted by Crippen LogP contribution is -2.34. The van der Waals surface area contributed by atoms with Crippen LogP contribution in [0.15, 0.2) is 82.2 Å². The van der Waals surface area contributed by atoms with Crippen LogP contribution < -0.4 is 0 Å². The predicted molar refractivity (Wildman–Crippen MR) is 122 cm³/mol. The van der Waals surface area contributed by atoms with Crippen molar-refractivity contribution < 1.29 is 23.2 Å². The first-order chi connectivity index (χ1) is 15.1. The van der Waals surface area contributed by atoms with Crippen LogP contribution in [-0.4, -0.2) is 48.2 Å². The monoisotopic (exact) mass is 514 g/mol. The normalized spacial score (nSPS) is 16.5. The van der Waals surface area contributed by atoms with E-state index in [0.717, 1.165) is 21.9 Å². The van der Waals surface area contributed by atoms with E-state index < -0.39 is 21.9 Å². The SMILES string of the molecule is CS(=O)(=O)c1ccc(-c2ccc(C(=O)N3CC(=O)N(O)C3c3cccc(Br)c3)cc2)cc1. The van der Waals surface area contributed by atoms with Gasteiger partial charge in [-0.15, -0.1) is 0 Å². The summed E-state index contributed by atoms with van der Waals surface area (Å²) in [4.78, 5) is 26.9. The molecular weight excluding hydrogens is 496 g/mol. The Bertz CT molecular complexity index is 1290. The molecule has 1 heterocycles. The molecule has 1 aliphatic heterocycles. The number of nitrogens with zero attached hydrogens (tertiary/aromatic N) is 2. The summed E-state index contributed by atoms with van der Waals surface area (Å²) < 4.78 is 24.0. The van der Waals surface area contributed by atoms with Crippen molar-refractivity contribution in [2.24, 2.45) is 0 Å². The second-order valence-electron chi connectivity index (χ2n) is 7.47. The zero-order valence-electron chi connectivity index (χ0n) is 17.0. The Morgan fingerprint density at radius 2 is 1.59 bits per heavy atom. The number of halogens is 1. The van der Waals surface area contributed by atoms with E-state index in [4.69, 9.17) is 0 Å². The van der Waals surface area contributed by atoms with Gasteiger partial charge in [-0.05, 0) is 53.1 Å². The van der Waals surface area contributed by atoms with Gasteiger partial charge in [0.25, 0.3) is 11.8 Å². The van der Waals surface area contributed by atoms with Crippen LogP contribution in [0, 0.1) is 0 Å². The van der Waals surface area contributed by atoms with Gasteiger partial charge < -0.3 is 4.90 Å². The number of rotatable bonds is 4. The zero-order valence-corrected chi connectivity index (χ0v) is 19.4. The van der Waals surface area contributed by atoms with Gasteiger partial charge in [-0.2, -0.15) is 5.06 Å². The van der Waals surface area contributed by atoms with Crippen molar-refractivity contribution in [3.63, 3.8) is 0 Å². The van der Waals surface area contributed by atoms with Gasteiger partial charge in [0.15, 0.2) is 16.0 Å². The largest absolute Gasteiger partial charge is 0.302 e. The molecule has 3 aromatic carbocycles. The third-order valence-electron chi connectivity index (χ3n) is 5.24. The Balaban J connectivity index is 1.59. The number of carbonyl (C=O) groups excluding carboxylic acids is 2. The summed E-state index contributed by atoms with van der Waals surface area (Å²) in [5, 5.41) is 10.9. The fourth-order valence-corrected chi connectivity index (χ4v) is 4.66. The van der Waals surface area contributed by atoms with Crippen molar-refractivity contribution >= 4 is 37.6 Å². The third kappa shape index (κ3) is 4.32. The maximum Gasteiger partial charge on any atom is 0.267 e. The first-order valence-corrected chi connectivity index (χ1v) is 12.3. The number of carbonyl (C=O) groups is 2. The van der Waals surface area contributed by atoms with E-state index in [-0.39, 0.29) is 17.3 Å². The van der Waals surface area contributed by atoms with Crippen molar-refractivity contribution in [1.82, 2.24) is 9.96 Å². The molecule has 1 atom stereocenters. The fourth-order valence-electron chi connectivity index (χ4n) is 3.61. The maximum atomic E-state index is 13.2. The Morgan fingerprint density at radius 3 is 2.16 bits per heavy atom. The Labute approximate surface area is 193 Å². The van der Waals surface area contributed by atoms with Crippen molar-refractivity contribution in [3.8, 4) is 11.1 Å². The number of hydrogen-bond donors (Lipinski definition) is 1. The molecule has 0 saturated carbocycles. The van der Waals surface area contributed by atoms with Gasteiger partial charge in [-0.3, -0.25) is 14.8 Å². The number of benzene rings is 3. The quantitative estimate of drug-likeness (QED) is 0.532. The van der Waals surface area contributed by atoms with Crippen molar-refractivity contribution in [1.29, 1.82) is 0 Å². The van der Waals surface area contributed by atoms with E-state index >= 15 is 0 Å². The number of sulfone groups is 1. The van der Waals surface area contributed by atoms with Gasteiger partial charge in [0.05, 0.1) is 4.90 Å². The molecule has 7 nitrogen and oxygen atoms in total. The Morgan fingerprint density at radius 1 is 1.00 bits per heavy atom. The highest BCUT2D eigenvalue weighted by Gasteiger charge is 2.41. The fraction of sp³-hybridized carbons (Fsp3) is 0.130. The lowest BCUT2D eigenvalue weighted by molar-refractivity contribution is -0.168. The van der Waals surface area contributed by atoms with Crippen molar-refractivity contribution in [2.45, 2.75) is 11.1 Å². The number of hydrogen-bond acceptors (Lipinski definition) is 5. The molecule has 3 aromatic rings. The highest BCUT2D eigenvalue weighted by atomic mass is 79.9. The molecule has 0 bridgehead atoms. The van der Waals surface area contributed by atoms with E-state index in [9.17, 15) is 23.2 Å². The molecule has 164 valence electrons. The topological polar surface area (TPSA) is 95.0 Å². The predicted octanol–water partition coefficient (Wildman–Crippen LogP) is 3.89. The lowest BCUT2D eigenvalue weighted by atomic mass is 10.0. The summed E-state index contributed by atoms with van der Waals surface area (Å²) in [7, 11) is -3.27. The molecule has 1 aliphatic rings. The van der Waals surface area contributed by atoms with Crippen LogP contribution in [0.5, 0.6) is 0 Å². The van der Waals surface area contributed by atoms with Gasteiger partial charge >= 0.3 is 0 Å². The molecule has 0 aromatic heterocycles. The van der Waals surface area contributed by atoms with Crippen LogP contribution in [0.2, 0.25) is 0 Å². The van der Waals surface area contributed by atoms with Crippen molar-refractivity contribution in [2.75, 3.05) is 12.8 Å².